The molecule has 0 unspecified atom stereocenters. The summed E-state index contributed by atoms with van der Waals surface area (Å²) >= 11 is 0. The molecule has 8 heavy (non-hydrogen) atoms. The van der Waals surface area contributed by atoms with Crippen LogP contribution >= 0.6 is 0 Å². The van der Waals surface area contributed by atoms with Crippen molar-refractivity contribution < 1.29 is 21.2 Å². The van der Waals surface area contributed by atoms with Gasteiger partial charge in [0.25, 0.3) is 0 Å². The van der Waals surface area contributed by atoms with Gasteiger partial charge < -0.3 is 21.2 Å². The minimum Gasteiger partial charge on any atom is -0.412 e. The van der Waals surface area contributed by atoms with Gasteiger partial charge in [-0.2, -0.15) is 0 Å². The largest absolute Gasteiger partial charge is 0.412 e. The van der Waals surface area contributed by atoms with Crippen molar-refractivity contribution in [3.63, 3.8) is 0 Å². The van der Waals surface area contributed by atoms with Crippen LogP contribution in [0.2, 0.25) is 0 Å². The first-order chi connectivity index (χ1) is 2.91. The lowest BCUT2D eigenvalue weighted by Crippen LogP contribution is -1.85. The molecule has 0 aromatic rings. The lowest BCUT2D eigenvalue weighted by Gasteiger charge is -1.70. The fraction of sp³-hybridized carbons (Fsp3) is 0.500. The highest BCUT2D eigenvalue weighted by Gasteiger charge is 1.58. The molecule has 0 amide bonds. The summed E-state index contributed by atoms with van der Waals surface area (Å²) in [5.41, 5.74) is 0. The van der Waals surface area contributed by atoms with Gasteiger partial charge in [0.15, 0.2) is 0 Å². The molecule has 0 bridgehead atoms. The highest BCUT2D eigenvalue weighted by atomic mass is 16.3. The molecule has 0 atom stereocenters. The normalized spacial score (nSPS) is 4.25. The zero-order valence-corrected chi connectivity index (χ0v) is 4.72. The van der Waals surface area contributed by atoms with Gasteiger partial charge in [0.1, 0.15) is 0 Å². The Hall–Kier alpha value is -0.420. The summed E-state index contributed by atoms with van der Waals surface area (Å²) in [5.74, 6) is 0. The molecule has 4 nitrogen and oxygen atoms in total. The number of aliphatic hydroxyl groups is 2. The second-order valence-corrected chi connectivity index (χ2v) is 0.447. The number of hydrogen-bond donors (Lipinski definition) is 2. The summed E-state index contributed by atoms with van der Waals surface area (Å²) in [4.78, 5) is 0. The van der Waals surface area contributed by atoms with Crippen LogP contribution in [-0.2, 0) is 0 Å². The minimum absolute atomic E-state index is 0. The fourth-order valence-corrected chi connectivity index (χ4v) is 0. The van der Waals surface area contributed by atoms with Gasteiger partial charge in [-0.05, 0) is 0 Å². The first kappa shape index (κ1) is 25.6. The second kappa shape index (κ2) is 82.1. The van der Waals surface area contributed by atoms with Crippen molar-refractivity contribution in [2.45, 2.75) is 0 Å². The van der Waals surface area contributed by atoms with Crippen molar-refractivity contribution in [2.24, 2.45) is 0 Å². The topological polar surface area (TPSA) is 103 Å². The molecule has 54 valence electrons. The average Bonchev–Trinajstić information content (AvgIpc) is 1.72. The summed E-state index contributed by atoms with van der Waals surface area (Å²) in [7, 11) is 0. The maximum Gasteiger partial charge on any atom is 0.0662 e. The standard InChI is InChI=1S/C2H6O2.C2H4.2H2O/c3-1-2-4;1-2;;/h3-4H,1-2H2;1-2H2;2*1H2. The molecular formula is C4H14O4. The predicted molar refractivity (Wildman–Crippen MR) is 32.7 cm³/mol. The summed E-state index contributed by atoms with van der Waals surface area (Å²) in [5, 5.41) is 15.2. The third-order valence-electron chi connectivity index (χ3n) is 0.1000. The molecule has 0 spiro atoms. The molecule has 0 saturated heterocycles. The number of aliphatic hydroxyl groups excluding tert-OH is 2. The lowest BCUT2D eigenvalue weighted by atomic mass is 10.8. The van der Waals surface area contributed by atoms with Crippen molar-refractivity contribution in [2.75, 3.05) is 13.2 Å². The van der Waals surface area contributed by atoms with E-state index in [9.17, 15) is 0 Å². The van der Waals surface area contributed by atoms with E-state index in [0.717, 1.165) is 0 Å². The number of hydrogen-bond acceptors (Lipinski definition) is 2. The quantitative estimate of drug-likeness (QED) is 0.401. The predicted octanol–water partition coefficient (Wildman–Crippen LogP) is -1.88. The molecule has 0 aromatic heterocycles. The van der Waals surface area contributed by atoms with Gasteiger partial charge in [0.05, 0.1) is 13.2 Å². The smallest absolute Gasteiger partial charge is 0.0662 e. The van der Waals surface area contributed by atoms with Crippen LogP contribution in [0.15, 0.2) is 13.2 Å². The van der Waals surface area contributed by atoms with Gasteiger partial charge in [0, 0.05) is 0 Å². The molecule has 4 heteroatoms. The summed E-state index contributed by atoms with van der Waals surface area (Å²) in [6.45, 7) is 5.75. The third-order valence-corrected chi connectivity index (χ3v) is 0.1000. The maximum atomic E-state index is 7.62. The zero-order valence-electron chi connectivity index (χ0n) is 4.72. The van der Waals surface area contributed by atoms with E-state index in [4.69, 9.17) is 10.2 Å². The van der Waals surface area contributed by atoms with E-state index in [1.54, 1.807) is 0 Å². The zero-order chi connectivity index (χ0) is 5.41. The van der Waals surface area contributed by atoms with E-state index >= 15 is 0 Å². The Morgan fingerprint density at radius 1 is 0.875 bits per heavy atom. The Balaban J connectivity index is -0.0000000183. The monoisotopic (exact) mass is 126 g/mol. The van der Waals surface area contributed by atoms with Crippen LogP contribution in [0, 0.1) is 0 Å². The summed E-state index contributed by atoms with van der Waals surface area (Å²) < 4.78 is 0. The van der Waals surface area contributed by atoms with Crippen LogP contribution in [-0.4, -0.2) is 34.4 Å². The van der Waals surface area contributed by atoms with Crippen LogP contribution in [0.4, 0.5) is 0 Å². The first-order valence-corrected chi connectivity index (χ1v) is 1.63. The van der Waals surface area contributed by atoms with Gasteiger partial charge in [-0.15, -0.1) is 13.2 Å². The molecule has 0 radical (unpaired) electrons. The van der Waals surface area contributed by atoms with E-state index in [1.807, 2.05) is 0 Å². The SMILES string of the molecule is C=C.O.O.OCCO. The molecule has 6 N–H and O–H groups in total. The van der Waals surface area contributed by atoms with Gasteiger partial charge in [-0.25, -0.2) is 0 Å². The molecule has 0 aliphatic rings. The van der Waals surface area contributed by atoms with E-state index in [1.165, 1.54) is 0 Å². The van der Waals surface area contributed by atoms with E-state index in [2.05, 4.69) is 13.2 Å². The number of rotatable bonds is 1. The molecule has 0 saturated carbocycles. The first-order valence-electron chi connectivity index (χ1n) is 1.63. The molecule has 0 heterocycles. The third kappa shape index (κ3) is 348. The molecule has 0 rings (SSSR count). The maximum absolute atomic E-state index is 7.62. The highest BCUT2D eigenvalue weighted by molar-refractivity contribution is 4.22. The molecule has 0 aromatic carbocycles. The fourth-order valence-electron chi connectivity index (χ4n) is 0. The van der Waals surface area contributed by atoms with Gasteiger partial charge in [-0.1, -0.05) is 0 Å². The molecular weight excluding hydrogens is 112 g/mol. The van der Waals surface area contributed by atoms with Crippen LogP contribution in [0.25, 0.3) is 0 Å². The van der Waals surface area contributed by atoms with E-state index in [-0.39, 0.29) is 24.2 Å². The van der Waals surface area contributed by atoms with Gasteiger partial charge in [-0.3, -0.25) is 0 Å². The van der Waals surface area contributed by atoms with Crippen molar-refractivity contribution in [3.05, 3.63) is 13.2 Å². The van der Waals surface area contributed by atoms with Crippen LogP contribution in [0.5, 0.6) is 0 Å². The van der Waals surface area contributed by atoms with Crippen molar-refractivity contribution in [3.8, 4) is 0 Å². The Bertz CT molecular complexity index is 15.5. The van der Waals surface area contributed by atoms with Gasteiger partial charge in [0.2, 0.25) is 0 Å². The Kier molecular flexibility index (Phi) is 263. The van der Waals surface area contributed by atoms with Crippen molar-refractivity contribution >= 4 is 0 Å². The molecule has 0 aliphatic heterocycles. The summed E-state index contributed by atoms with van der Waals surface area (Å²) in [6.07, 6.45) is 0. The Morgan fingerprint density at radius 3 is 1.00 bits per heavy atom. The van der Waals surface area contributed by atoms with E-state index in [0.29, 0.717) is 0 Å². The highest BCUT2D eigenvalue weighted by Crippen LogP contribution is 1.39. The Morgan fingerprint density at radius 2 is 1.00 bits per heavy atom. The second-order valence-electron chi connectivity index (χ2n) is 0.447. The average molecular weight is 126 g/mol. The summed E-state index contributed by atoms with van der Waals surface area (Å²) in [6, 6.07) is 0. The Labute approximate surface area is 48.7 Å². The van der Waals surface area contributed by atoms with Crippen LogP contribution in [0.3, 0.4) is 0 Å². The van der Waals surface area contributed by atoms with Crippen molar-refractivity contribution in [1.82, 2.24) is 0 Å². The lowest BCUT2D eigenvalue weighted by molar-refractivity contribution is 0.186. The molecule has 0 aliphatic carbocycles. The van der Waals surface area contributed by atoms with Gasteiger partial charge >= 0.3 is 0 Å². The van der Waals surface area contributed by atoms with E-state index < -0.39 is 0 Å². The minimum atomic E-state index is -0.125. The van der Waals surface area contributed by atoms with Crippen LogP contribution < -0.4 is 0 Å². The van der Waals surface area contributed by atoms with Crippen molar-refractivity contribution in [1.29, 1.82) is 0 Å². The van der Waals surface area contributed by atoms with Crippen LogP contribution in [0.1, 0.15) is 0 Å². The molecule has 0 fully saturated rings.